The molecule has 1 aliphatic carbocycles. The molecule has 2 rings (SSSR count). The molecule has 0 bridgehead atoms. The third kappa shape index (κ3) is 2.95. The molecule has 0 fully saturated rings. The molecule has 0 aromatic heterocycles. The van der Waals surface area contributed by atoms with E-state index in [2.05, 4.69) is 34.6 Å². The topological polar surface area (TPSA) is 34.7 Å². The molecule has 96 valence electrons. The summed E-state index contributed by atoms with van der Waals surface area (Å²) in [4.78, 5) is 4.97. The molecular weight excluding hydrogens is 259 g/mol. The molecule has 0 saturated heterocycles. The number of dihydropyridines is 1. The third-order valence-electron chi connectivity index (χ3n) is 4.38. The Balaban J connectivity index is 0.00000180. The third-order valence-corrected chi connectivity index (χ3v) is 4.38. The van der Waals surface area contributed by atoms with E-state index in [0.29, 0.717) is 5.71 Å². The second-order valence-corrected chi connectivity index (χ2v) is 5.34. The van der Waals surface area contributed by atoms with Crippen molar-refractivity contribution in [3.05, 3.63) is 39.9 Å². The molecule has 3 heteroatoms. The van der Waals surface area contributed by atoms with Crippen LogP contribution in [0.25, 0.3) is 5.41 Å². The van der Waals surface area contributed by atoms with E-state index >= 15 is 0 Å². The van der Waals surface area contributed by atoms with Crippen LogP contribution < -0.4 is 51.4 Å². The summed E-state index contributed by atoms with van der Waals surface area (Å²) in [6.45, 7) is 10.8. The van der Waals surface area contributed by atoms with E-state index in [1.165, 1.54) is 11.1 Å². The zero-order valence-electron chi connectivity index (χ0n) is 13.0. The summed E-state index contributed by atoms with van der Waals surface area (Å²) < 4.78 is 0. The molecule has 2 nitrogen and oxygen atoms in total. The molecule has 1 aliphatic heterocycles. The van der Waals surface area contributed by atoms with Crippen molar-refractivity contribution in [3.8, 4) is 0 Å². The van der Waals surface area contributed by atoms with Crippen LogP contribution in [0.1, 0.15) is 47.5 Å². The molecule has 0 aromatic rings. The monoisotopic (exact) mass is 280 g/mol. The fourth-order valence-electron chi connectivity index (χ4n) is 2.65. The molecule has 0 aromatic carbocycles. The quantitative estimate of drug-likeness (QED) is 0.539. The van der Waals surface area contributed by atoms with Crippen molar-refractivity contribution in [2.24, 2.45) is 4.99 Å². The number of allylic oxidation sites excluding steroid dienone is 5. The Labute approximate surface area is 159 Å². The van der Waals surface area contributed by atoms with Crippen LogP contribution >= 0.6 is 0 Å². The summed E-state index contributed by atoms with van der Waals surface area (Å²) in [6, 6.07) is 0. The van der Waals surface area contributed by atoms with Gasteiger partial charge in [-0.3, -0.25) is 4.99 Å². The van der Waals surface area contributed by atoms with Gasteiger partial charge in [0.15, 0.2) is 0 Å². The van der Waals surface area contributed by atoms with Gasteiger partial charge in [0.05, 0.1) is 11.3 Å². The van der Waals surface area contributed by atoms with Crippen molar-refractivity contribution in [1.29, 1.82) is 0 Å². The summed E-state index contributed by atoms with van der Waals surface area (Å²) in [6.07, 6.45) is 5.57. The summed E-state index contributed by atoms with van der Waals surface area (Å²) in [7, 11) is 0. The molecule has 0 spiro atoms. The molecule has 1 unspecified atom stereocenters. The molecule has 0 saturated carbocycles. The van der Waals surface area contributed by atoms with Gasteiger partial charge in [-0.05, 0) is 50.3 Å². The van der Waals surface area contributed by atoms with Crippen molar-refractivity contribution >= 4 is 11.4 Å². The van der Waals surface area contributed by atoms with Crippen LogP contribution in [0.15, 0.2) is 39.4 Å². The molecule has 1 heterocycles. The van der Waals surface area contributed by atoms with Crippen LogP contribution in [-0.2, 0) is 0 Å². The average Bonchev–Trinajstić information content (AvgIpc) is 2.36. The van der Waals surface area contributed by atoms with Crippen LogP contribution in [0.4, 0.5) is 0 Å². The second-order valence-electron chi connectivity index (χ2n) is 5.34. The Bertz CT molecular complexity index is 535. The van der Waals surface area contributed by atoms with Crippen LogP contribution in [-0.4, -0.2) is 17.0 Å². The van der Waals surface area contributed by atoms with Crippen LogP contribution in [0, 0.1) is 0 Å². The smallest absolute Gasteiger partial charge is 0.804 e. The molecule has 2 aliphatic rings. The Morgan fingerprint density at radius 3 is 2.37 bits per heavy atom. The van der Waals surface area contributed by atoms with Crippen molar-refractivity contribution in [3.63, 3.8) is 0 Å². The van der Waals surface area contributed by atoms with Crippen molar-refractivity contribution in [2.75, 3.05) is 0 Å². The van der Waals surface area contributed by atoms with E-state index in [-0.39, 0.29) is 56.9 Å². The van der Waals surface area contributed by atoms with E-state index in [1.54, 1.807) is 0 Å². The summed E-state index contributed by atoms with van der Waals surface area (Å²) >= 11 is 0. The van der Waals surface area contributed by atoms with Gasteiger partial charge in [0, 0.05) is 5.57 Å². The van der Waals surface area contributed by atoms with E-state index in [0.717, 1.165) is 29.7 Å². The molecule has 0 radical (unpaired) electrons. The molecule has 0 amide bonds. The Morgan fingerprint density at radius 1 is 1.21 bits per heavy atom. The van der Waals surface area contributed by atoms with E-state index in [9.17, 15) is 5.41 Å². The minimum absolute atomic E-state index is 0. The Morgan fingerprint density at radius 2 is 1.84 bits per heavy atom. The van der Waals surface area contributed by atoms with Crippen LogP contribution in [0.2, 0.25) is 0 Å². The molecule has 1 atom stereocenters. The maximum atomic E-state index is 9.83. The van der Waals surface area contributed by atoms with Gasteiger partial charge in [0.25, 0.3) is 0 Å². The predicted octanol–water partition coefficient (Wildman–Crippen LogP) is 1.24. The van der Waals surface area contributed by atoms with Gasteiger partial charge in [-0.2, -0.15) is 5.71 Å². The number of rotatable bonds is 2. The van der Waals surface area contributed by atoms with Crippen molar-refractivity contribution in [2.45, 2.75) is 53.0 Å². The van der Waals surface area contributed by atoms with Gasteiger partial charge in [0.1, 0.15) is 0 Å². The normalized spacial score (nSPS) is 26.2. The predicted molar refractivity (Wildman–Crippen MR) is 79.3 cm³/mol. The maximum absolute atomic E-state index is 9.83. The Hall–Kier alpha value is 0.196. The zero-order valence-corrected chi connectivity index (χ0v) is 16.1. The number of fused-ring (bicyclic) bond motifs is 1. The first-order valence-corrected chi connectivity index (χ1v) is 6.70. The van der Waals surface area contributed by atoms with E-state index in [4.69, 9.17) is 4.99 Å². The van der Waals surface area contributed by atoms with Gasteiger partial charge in [-0.1, -0.05) is 26.0 Å². The molecular formula is C16H21KN2. The summed E-state index contributed by atoms with van der Waals surface area (Å²) in [5.74, 6) is 0. The summed E-state index contributed by atoms with van der Waals surface area (Å²) in [5.41, 5.74) is 6.11. The zero-order chi connectivity index (χ0) is 13.5. The van der Waals surface area contributed by atoms with E-state index in [1.807, 2.05) is 12.2 Å². The van der Waals surface area contributed by atoms with Gasteiger partial charge < -0.3 is 5.41 Å². The Kier molecular flexibility index (Phi) is 5.73. The number of aliphatic imine (C=N–C) groups is 1. The van der Waals surface area contributed by atoms with Crippen LogP contribution in [0.3, 0.4) is 0 Å². The minimum atomic E-state index is -0.0992. The van der Waals surface area contributed by atoms with Gasteiger partial charge in [-0.15, -0.1) is 0 Å². The largest absolute Gasteiger partial charge is 1.00 e. The van der Waals surface area contributed by atoms with Crippen LogP contribution in [0.5, 0.6) is 0 Å². The number of hydrogen-bond donors (Lipinski definition) is 0. The first-order chi connectivity index (χ1) is 8.42. The van der Waals surface area contributed by atoms with Crippen molar-refractivity contribution in [1.82, 2.24) is 0 Å². The average molecular weight is 280 g/mol. The molecule has 0 N–H and O–H groups in total. The minimum Gasteiger partial charge on any atom is -0.804 e. The first-order valence-electron chi connectivity index (χ1n) is 6.70. The SMILES string of the molecule is CCC1=CC(=[N-])C=C2C1=NC(C)(CC)C(C)=C2C.[K+]. The fourth-order valence-corrected chi connectivity index (χ4v) is 2.65. The number of nitrogens with zero attached hydrogens (tertiary/aromatic N) is 2. The maximum Gasteiger partial charge on any atom is 1.00 e. The van der Waals surface area contributed by atoms with Gasteiger partial charge in [0.2, 0.25) is 0 Å². The van der Waals surface area contributed by atoms with Gasteiger partial charge in [-0.25, -0.2) is 0 Å². The fraction of sp³-hybridized carbons (Fsp3) is 0.500. The van der Waals surface area contributed by atoms with Crippen molar-refractivity contribution < 1.29 is 51.4 Å². The first kappa shape index (κ1) is 17.2. The van der Waals surface area contributed by atoms with Gasteiger partial charge >= 0.3 is 51.4 Å². The standard InChI is InChI=1S/C16H21N2.K/c1-6-12-8-13(17)9-14-10(3)11(4)16(5,7-2)18-15(12)14;/h8-9H,6-7H2,1-5H3;/q-1;+1. The number of hydrogen-bond acceptors (Lipinski definition) is 1. The second kappa shape index (κ2) is 6.31. The van der Waals surface area contributed by atoms with E-state index < -0.39 is 0 Å². The summed E-state index contributed by atoms with van der Waals surface area (Å²) in [5, 5.41) is 9.83. The molecule has 19 heavy (non-hydrogen) atoms.